The van der Waals surface area contributed by atoms with E-state index in [2.05, 4.69) is 37.0 Å². The van der Waals surface area contributed by atoms with E-state index >= 15 is 0 Å². The zero-order chi connectivity index (χ0) is 16.2. The molecule has 1 N–H and O–H groups in total. The summed E-state index contributed by atoms with van der Waals surface area (Å²) < 4.78 is 0. The van der Waals surface area contributed by atoms with E-state index in [4.69, 9.17) is 0 Å². The van der Waals surface area contributed by atoms with Gasteiger partial charge in [-0.3, -0.25) is 4.79 Å². The zero-order valence-corrected chi connectivity index (χ0v) is 14.4. The molecule has 1 heterocycles. The van der Waals surface area contributed by atoms with Crippen LogP contribution in [0.4, 0.5) is 0 Å². The molecule has 0 bridgehead atoms. The van der Waals surface area contributed by atoms with Gasteiger partial charge in [-0.2, -0.15) is 0 Å². The molecule has 1 amide bonds. The highest BCUT2D eigenvalue weighted by Crippen LogP contribution is 2.26. The monoisotopic (exact) mass is 312 g/mol. The highest BCUT2D eigenvalue weighted by Gasteiger charge is 2.22. The Bertz CT molecular complexity index is 665. The largest absolute Gasteiger partial charge is 0.360 e. The molecular weight excluding hydrogens is 284 g/mol. The minimum atomic E-state index is 0.175. The molecule has 0 atom stereocenters. The number of carbonyl (C=O) groups excluding carboxylic acids is 1. The molecule has 0 radical (unpaired) electrons. The Balaban J connectivity index is 1.79. The second kappa shape index (κ2) is 7.20. The number of nitrogens with zero attached hydrogens (tertiary/aromatic N) is 1. The van der Waals surface area contributed by atoms with E-state index in [9.17, 15) is 4.79 Å². The quantitative estimate of drug-likeness (QED) is 0.800. The second-order valence-electron chi connectivity index (χ2n) is 6.95. The average Bonchev–Trinajstić information content (AvgIpc) is 2.79. The lowest BCUT2D eigenvalue weighted by molar-refractivity contribution is 0.0734. The number of nitrogens with one attached hydrogen (secondary N) is 1. The third-order valence-electron chi connectivity index (χ3n) is 5.19. The Labute approximate surface area is 139 Å². The minimum absolute atomic E-state index is 0.175. The van der Waals surface area contributed by atoms with Crippen LogP contribution in [0.15, 0.2) is 24.4 Å². The van der Waals surface area contributed by atoms with Gasteiger partial charge in [0, 0.05) is 30.2 Å². The maximum Gasteiger partial charge on any atom is 0.256 e. The number of amides is 1. The maximum absolute atomic E-state index is 13.0. The third-order valence-corrected chi connectivity index (χ3v) is 5.19. The number of hydrogen-bond acceptors (Lipinski definition) is 1. The number of aromatic nitrogens is 1. The van der Waals surface area contributed by atoms with Gasteiger partial charge in [0.1, 0.15) is 0 Å². The molecule has 0 aliphatic heterocycles. The number of aromatic amines is 1. The van der Waals surface area contributed by atoms with Gasteiger partial charge in [-0.15, -0.1) is 0 Å². The number of hydrogen-bond donors (Lipinski definition) is 1. The summed E-state index contributed by atoms with van der Waals surface area (Å²) in [6.45, 7) is 5.86. The molecule has 1 aliphatic carbocycles. The fraction of sp³-hybridized carbons (Fsp3) is 0.550. The van der Waals surface area contributed by atoms with Gasteiger partial charge >= 0.3 is 0 Å². The van der Waals surface area contributed by atoms with Gasteiger partial charge in [-0.1, -0.05) is 37.3 Å². The molecule has 124 valence electrons. The van der Waals surface area contributed by atoms with E-state index in [0.29, 0.717) is 5.92 Å². The number of fused-ring (bicyclic) bond motifs is 1. The van der Waals surface area contributed by atoms with Gasteiger partial charge in [0.15, 0.2) is 0 Å². The normalized spacial score (nSPS) is 16.4. The summed E-state index contributed by atoms with van der Waals surface area (Å²) in [6, 6.07) is 6.25. The molecule has 0 spiro atoms. The summed E-state index contributed by atoms with van der Waals surface area (Å²) in [5.74, 6) is 0.849. The highest BCUT2D eigenvalue weighted by atomic mass is 16.2. The van der Waals surface area contributed by atoms with Crippen LogP contribution in [0.3, 0.4) is 0 Å². The van der Waals surface area contributed by atoms with E-state index in [0.717, 1.165) is 29.6 Å². The van der Waals surface area contributed by atoms with Crippen molar-refractivity contribution in [3.05, 3.63) is 35.5 Å². The van der Waals surface area contributed by atoms with Crippen LogP contribution in [-0.4, -0.2) is 28.9 Å². The molecule has 1 saturated carbocycles. The molecule has 3 nitrogen and oxygen atoms in total. The molecule has 1 aromatic carbocycles. The van der Waals surface area contributed by atoms with Crippen LogP contribution in [0, 0.1) is 12.8 Å². The van der Waals surface area contributed by atoms with Crippen molar-refractivity contribution in [2.45, 2.75) is 52.4 Å². The Morgan fingerprint density at radius 3 is 2.65 bits per heavy atom. The van der Waals surface area contributed by atoms with Crippen molar-refractivity contribution in [1.29, 1.82) is 0 Å². The van der Waals surface area contributed by atoms with Crippen LogP contribution in [0.25, 0.3) is 10.9 Å². The summed E-state index contributed by atoms with van der Waals surface area (Å²) in [7, 11) is 0. The van der Waals surface area contributed by atoms with Gasteiger partial charge in [0.25, 0.3) is 5.91 Å². The molecular formula is C20H28N2O. The highest BCUT2D eigenvalue weighted by molar-refractivity contribution is 6.06. The third kappa shape index (κ3) is 3.60. The van der Waals surface area contributed by atoms with Crippen molar-refractivity contribution < 1.29 is 4.79 Å². The molecule has 23 heavy (non-hydrogen) atoms. The lowest BCUT2D eigenvalue weighted by Crippen LogP contribution is -2.35. The van der Waals surface area contributed by atoms with Gasteiger partial charge < -0.3 is 9.88 Å². The van der Waals surface area contributed by atoms with Crippen LogP contribution in [0.5, 0.6) is 0 Å². The SMILES string of the molecule is CCN(CC1CCCCCC1)C(=O)c1c[nH]c2ccc(C)cc12. The molecule has 1 aromatic heterocycles. The van der Waals surface area contributed by atoms with Crippen molar-refractivity contribution in [2.75, 3.05) is 13.1 Å². The van der Waals surface area contributed by atoms with Crippen LogP contribution in [0.1, 0.15) is 61.4 Å². The Morgan fingerprint density at radius 2 is 1.96 bits per heavy atom. The van der Waals surface area contributed by atoms with E-state index in [-0.39, 0.29) is 5.91 Å². The smallest absolute Gasteiger partial charge is 0.256 e. The molecule has 1 fully saturated rings. The summed E-state index contributed by atoms with van der Waals surface area (Å²) in [6.07, 6.45) is 9.79. The van der Waals surface area contributed by atoms with E-state index < -0.39 is 0 Å². The van der Waals surface area contributed by atoms with E-state index in [1.54, 1.807) is 0 Å². The van der Waals surface area contributed by atoms with Crippen LogP contribution in [-0.2, 0) is 0 Å². The fourth-order valence-electron chi connectivity index (χ4n) is 3.80. The molecule has 0 unspecified atom stereocenters. The summed E-state index contributed by atoms with van der Waals surface area (Å²) in [5, 5.41) is 1.05. The Kier molecular flexibility index (Phi) is 5.04. The molecule has 0 saturated heterocycles. The zero-order valence-electron chi connectivity index (χ0n) is 14.4. The van der Waals surface area contributed by atoms with Gasteiger partial charge in [-0.25, -0.2) is 0 Å². The van der Waals surface area contributed by atoms with Crippen LogP contribution >= 0.6 is 0 Å². The number of benzene rings is 1. The first-order valence-electron chi connectivity index (χ1n) is 9.06. The van der Waals surface area contributed by atoms with Crippen molar-refractivity contribution in [2.24, 2.45) is 5.92 Å². The first-order chi connectivity index (χ1) is 11.2. The second-order valence-corrected chi connectivity index (χ2v) is 6.95. The predicted molar refractivity (Wildman–Crippen MR) is 95.8 cm³/mol. The van der Waals surface area contributed by atoms with E-state index in [1.165, 1.54) is 44.1 Å². The summed E-state index contributed by atoms with van der Waals surface area (Å²) in [4.78, 5) is 18.3. The topological polar surface area (TPSA) is 36.1 Å². The van der Waals surface area contributed by atoms with Crippen molar-refractivity contribution in [1.82, 2.24) is 9.88 Å². The molecule has 2 aromatic rings. The van der Waals surface area contributed by atoms with Gasteiger partial charge in [0.05, 0.1) is 5.56 Å². The van der Waals surface area contributed by atoms with Gasteiger partial charge in [0.2, 0.25) is 0 Å². The fourth-order valence-corrected chi connectivity index (χ4v) is 3.80. The number of H-pyrrole nitrogens is 1. The average molecular weight is 312 g/mol. The Morgan fingerprint density at radius 1 is 1.22 bits per heavy atom. The van der Waals surface area contributed by atoms with E-state index in [1.807, 2.05) is 11.1 Å². The van der Waals surface area contributed by atoms with Crippen LogP contribution in [0.2, 0.25) is 0 Å². The maximum atomic E-state index is 13.0. The van der Waals surface area contributed by atoms with Crippen molar-refractivity contribution in [3.8, 4) is 0 Å². The lowest BCUT2D eigenvalue weighted by Gasteiger charge is -2.26. The first-order valence-corrected chi connectivity index (χ1v) is 9.06. The van der Waals surface area contributed by atoms with Crippen LogP contribution < -0.4 is 0 Å². The summed E-state index contributed by atoms with van der Waals surface area (Å²) >= 11 is 0. The van der Waals surface area contributed by atoms with Gasteiger partial charge in [-0.05, 0) is 44.7 Å². The Hall–Kier alpha value is -1.77. The molecule has 3 rings (SSSR count). The predicted octanol–water partition coefficient (Wildman–Crippen LogP) is 4.91. The summed E-state index contributed by atoms with van der Waals surface area (Å²) in [5.41, 5.74) is 3.06. The standard InChI is InChI=1S/C20H28N2O/c1-3-22(14-16-8-6-4-5-7-9-16)20(23)18-13-21-19-11-10-15(2)12-17(18)19/h10-13,16,21H,3-9,14H2,1-2H3. The number of aryl methyl sites for hydroxylation is 1. The van der Waals surface area contributed by atoms with Crippen molar-refractivity contribution in [3.63, 3.8) is 0 Å². The molecule has 1 aliphatic rings. The number of carbonyl (C=O) groups is 1. The first kappa shape index (κ1) is 16.1. The minimum Gasteiger partial charge on any atom is -0.360 e. The lowest BCUT2D eigenvalue weighted by atomic mass is 9.99. The van der Waals surface area contributed by atoms with Crippen molar-refractivity contribution >= 4 is 16.8 Å². The number of rotatable bonds is 4. The molecule has 3 heteroatoms.